The highest BCUT2D eigenvalue weighted by atomic mass is 16.5. The minimum Gasteiger partial charge on any atom is -0.482 e. The van der Waals surface area contributed by atoms with Crippen LogP contribution >= 0.6 is 0 Å². The van der Waals surface area contributed by atoms with E-state index in [2.05, 4.69) is 27.4 Å². The molecule has 0 bridgehead atoms. The number of rotatable bonds is 8. The van der Waals surface area contributed by atoms with Crippen LogP contribution in [0.1, 0.15) is 25.5 Å². The molecule has 0 unspecified atom stereocenters. The first-order valence-electron chi connectivity index (χ1n) is 7.75. The molecule has 126 valence electrons. The van der Waals surface area contributed by atoms with Crippen molar-refractivity contribution in [2.45, 2.75) is 26.4 Å². The zero-order valence-electron chi connectivity index (χ0n) is 13.4. The summed E-state index contributed by atoms with van der Waals surface area (Å²) in [6.07, 6.45) is 5.23. The maximum atomic E-state index is 5.74. The molecule has 0 saturated heterocycles. The molecule has 8 heteroatoms. The molecule has 0 aliphatic rings. The number of unbranched alkanes of at least 4 members (excludes halogenated alkanes) is 1. The van der Waals surface area contributed by atoms with Gasteiger partial charge < -0.3 is 24.7 Å². The number of nitrogen functional groups attached to an aromatic ring is 1. The maximum absolute atomic E-state index is 5.74. The van der Waals surface area contributed by atoms with Crippen LogP contribution in [0.15, 0.2) is 39.6 Å². The molecule has 8 nitrogen and oxygen atoms in total. The molecule has 3 heterocycles. The zero-order chi connectivity index (χ0) is 16.8. The third-order valence-corrected chi connectivity index (χ3v) is 3.30. The Morgan fingerprint density at radius 1 is 1.33 bits per heavy atom. The van der Waals surface area contributed by atoms with Gasteiger partial charge >= 0.3 is 0 Å². The lowest BCUT2D eigenvalue weighted by atomic mass is 10.3. The van der Waals surface area contributed by atoms with E-state index < -0.39 is 0 Å². The normalized spacial score (nSPS) is 10.7. The molecule has 24 heavy (non-hydrogen) atoms. The Balaban J connectivity index is 1.65. The molecule has 0 fully saturated rings. The summed E-state index contributed by atoms with van der Waals surface area (Å²) in [6, 6.07) is 5.35. The number of nitrogens with one attached hydrogen (secondary N) is 1. The SMILES string of the molecule is CCCCNc1nc(N)ncc1OCc1cc(-c2ccco2)on1. The van der Waals surface area contributed by atoms with Crippen molar-refractivity contribution in [2.24, 2.45) is 0 Å². The average molecular weight is 329 g/mol. The summed E-state index contributed by atoms with van der Waals surface area (Å²) in [5, 5.41) is 7.17. The van der Waals surface area contributed by atoms with Crippen LogP contribution in [0.4, 0.5) is 11.8 Å². The third-order valence-electron chi connectivity index (χ3n) is 3.30. The van der Waals surface area contributed by atoms with Crippen molar-refractivity contribution < 1.29 is 13.7 Å². The minimum absolute atomic E-state index is 0.197. The largest absolute Gasteiger partial charge is 0.482 e. The van der Waals surface area contributed by atoms with Gasteiger partial charge in [-0.05, 0) is 18.6 Å². The van der Waals surface area contributed by atoms with Crippen LogP contribution in [0.25, 0.3) is 11.5 Å². The Labute approximate surface area is 139 Å². The van der Waals surface area contributed by atoms with Crippen LogP contribution in [0.2, 0.25) is 0 Å². The lowest BCUT2D eigenvalue weighted by Gasteiger charge is -2.11. The Morgan fingerprint density at radius 3 is 3.04 bits per heavy atom. The quantitative estimate of drug-likeness (QED) is 0.606. The van der Waals surface area contributed by atoms with E-state index in [1.54, 1.807) is 30.7 Å². The van der Waals surface area contributed by atoms with Gasteiger partial charge in [0, 0.05) is 12.6 Å². The van der Waals surface area contributed by atoms with Gasteiger partial charge in [-0.2, -0.15) is 4.98 Å². The van der Waals surface area contributed by atoms with Crippen LogP contribution in [-0.2, 0) is 6.61 Å². The van der Waals surface area contributed by atoms with Gasteiger partial charge in [0.1, 0.15) is 12.3 Å². The monoisotopic (exact) mass is 329 g/mol. The molecule has 0 atom stereocenters. The first-order chi connectivity index (χ1) is 11.8. The summed E-state index contributed by atoms with van der Waals surface area (Å²) in [4.78, 5) is 8.14. The molecule has 0 amide bonds. The van der Waals surface area contributed by atoms with Crippen molar-refractivity contribution in [1.82, 2.24) is 15.1 Å². The van der Waals surface area contributed by atoms with E-state index in [9.17, 15) is 0 Å². The number of nitrogens with two attached hydrogens (primary N) is 1. The van der Waals surface area contributed by atoms with Gasteiger partial charge in [0.25, 0.3) is 0 Å². The topological polar surface area (TPSA) is 112 Å². The molecular weight excluding hydrogens is 310 g/mol. The van der Waals surface area contributed by atoms with Crippen LogP contribution in [0.5, 0.6) is 5.75 Å². The maximum Gasteiger partial charge on any atom is 0.222 e. The number of anilines is 2. The predicted octanol–water partition coefficient (Wildman–Crippen LogP) is 3.10. The fourth-order valence-corrected chi connectivity index (χ4v) is 2.07. The fourth-order valence-electron chi connectivity index (χ4n) is 2.07. The second kappa shape index (κ2) is 7.49. The molecule has 0 aliphatic carbocycles. The summed E-state index contributed by atoms with van der Waals surface area (Å²) in [6.45, 7) is 3.13. The second-order valence-corrected chi connectivity index (χ2v) is 5.17. The van der Waals surface area contributed by atoms with Gasteiger partial charge in [-0.1, -0.05) is 18.5 Å². The van der Waals surface area contributed by atoms with Crippen molar-refractivity contribution in [3.05, 3.63) is 36.4 Å². The van der Waals surface area contributed by atoms with Crippen LogP contribution < -0.4 is 15.8 Å². The van der Waals surface area contributed by atoms with E-state index in [4.69, 9.17) is 19.4 Å². The number of ether oxygens (including phenoxy) is 1. The van der Waals surface area contributed by atoms with E-state index in [1.807, 2.05) is 0 Å². The average Bonchev–Trinajstić information content (AvgIpc) is 3.26. The Hall–Kier alpha value is -3.03. The van der Waals surface area contributed by atoms with E-state index in [-0.39, 0.29) is 12.6 Å². The number of furan rings is 1. The van der Waals surface area contributed by atoms with E-state index in [1.165, 1.54) is 0 Å². The molecule has 3 aromatic rings. The molecule has 0 saturated carbocycles. The van der Waals surface area contributed by atoms with E-state index in [0.29, 0.717) is 28.8 Å². The lowest BCUT2D eigenvalue weighted by Crippen LogP contribution is -2.08. The summed E-state index contributed by atoms with van der Waals surface area (Å²) in [7, 11) is 0. The number of aromatic nitrogens is 3. The van der Waals surface area contributed by atoms with E-state index in [0.717, 1.165) is 19.4 Å². The van der Waals surface area contributed by atoms with Crippen molar-refractivity contribution in [3.8, 4) is 17.3 Å². The standard InChI is InChI=1S/C16H19N5O3/c1-2-3-6-18-15-14(9-19-16(17)20-15)23-10-11-8-13(24-21-11)12-5-4-7-22-12/h4-5,7-9H,2-3,6,10H2,1H3,(H3,17,18,19,20). The molecule has 0 aromatic carbocycles. The van der Waals surface area contributed by atoms with Crippen molar-refractivity contribution in [1.29, 1.82) is 0 Å². The van der Waals surface area contributed by atoms with Gasteiger partial charge in [-0.25, -0.2) is 4.98 Å². The van der Waals surface area contributed by atoms with E-state index >= 15 is 0 Å². The summed E-state index contributed by atoms with van der Waals surface area (Å²) in [5.41, 5.74) is 6.28. The zero-order valence-corrected chi connectivity index (χ0v) is 13.4. The molecular formula is C16H19N5O3. The Morgan fingerprint density at radius 2 is 2.25 bits per heavy atom. The molecule has 3 rings (SSSR count). The highest BCUT2D eigenvalue weighted by Crippen LogP contribution is 2.24. The van der Waals surface area contributed by atoms with Crippen molar-refractivity contribution >= 4 is 11.8 Å². The molecule has 0 radical (unpaired) electrons. The predicted molar refractivity (Wildman–Crippen MR) is 88.4 cm³/mol. The Bertz CT molecular complexity index is 770. The van der Waals surface area contributed by atoms with Gasteiger partial charge in [0.05, 0.1) is 12.5 Å². The van der Waals surface area contributed by atoms with Gasteiger partial charge in [0.2, 0.25) is 11.7 Å². The van der Waals surface area contributed by atoms with Crippen LogP contribution in [0.3, 0.4) is 0 Å². The first kappa shape index (κ1) is 15.9. The molecule has 3 aromatic heterocycles. The lowest BCUT2D eigenvalue weighted by molar-refractivity contribution is 0.289. The molecule has 0 aliphatic heterocycles. The second-order valence-electron chi connectivity index (χ2n) is 5.17. The third kappa shape index (κ3) is 3.83. The number of hydrogen-bond acceptors (Lipinski definition) is 8. The van der Waals surface area contributed by atoms with Crippen LogP contribution in [0, 0.1) is 0 Å². The van der Waals surface area contributed by atoms with Gasteiger partial charge in [-0.15, -0.1) is 0 Å². The molecule has 3 N–H and O–H groups in total. The van der Waals surface area contributed by atoms with Crippen LogP contribution in [-0.4, -0.2) is 21.7 Å². The highest BCUT2D eigenvalue weighted by molar-refractivity contribution is 5.51. The smallest absolute Gasteiger partial charge is 0.222 e. The number of nitrogens with zero attached hydrogens (tertiary/aromatic N) is 3. The van der Waals surface area contributed by atoms with Crippen molar-refractivity contribution in [3.63, 3.8) is 0 Å². The highest BCUT2D eigenvalue weighted by Gasteiger charge is 2.12. The summed E-state index contributed by atoms with van der Waals surface area (Å²) >= 11 is 0. The van der Waals surface area contributed by atoms with Crippen molar-refractivity contribution in [2.75, 3.05) is 17.6 Å². The van der Waals surface area contributed by atoms with Gasteiger partial charge in [0.15, 0.2) is 17.3 Å². The number of hydrogen-bond donors (Lipinski definition) is 2. The van der Waals surface area contributed by atoms with Gasteiger partial charge in [-0.3, -0.25) is 0 Å². The minimum atomic E-state index is 0.197. The fraction of sp³-hybridized carbons (Fsp3) is 0.312. The summed E-state index contributed by atoms with van der Waals surface area (Å²) in [5.74, 6) is 2.45. The summed E-state index contributed by atoms with van der Waals surface area (Å²) < 4.78 is 16.2. The Kier molecular flexibility index (Phi) is 4.95. The first-order valence-corrected chi connectivity index (χ1v) is 7.75. The molecule has 0 spiro atoms.